The third-order valence-corrected chi connectivity index (χ3v) is 3.96. The zero-order chi connectivity index (χ0) is 17.9. The number of alkyl halides is 3. The normalized spacial score (nSPS) is 11.8. The van der Waals surface area contributed by atoms with Gasteiger partial charge in [-0.15, -0.1) is 10.2 Å². The Hall–Kier alpha value is -1.74. The van der Waals surface area contributed by atoms with Crippen LogP contribution in [0.4, 0.5) is 18.9 Å². The Labute approximate surface area is 145 Å². The summed E-state index contributed by atoms with van der Waals surface area (Å²) in [6, 6.07) is 2.72. The van der Waals surface area contributed by atoms with Crippen LogP contribution in [0.3, 0.4) is 0 Å². The lowest BCUT2D eigenvalue weighted by Crippen LogP contribution is -2.15. The van der Waals surface area contributed by atoms with Crippen LogP contribution >= 0.6 is 23.4 Å². The summed E-state index contributed by atoms with van der Waals surface area (Å²) >= 11 is 6.80. The molecule has 0 atom stereocenters. The van der Waals surface area contributed by atoms with Gasteiger partial charge in [-0.3, -0.25) is 4.79 Å². The van der Waals surface area contributed by atoms with E-state index in [1.165, 1.54) is 0 Å². The molecule has 0 aliphatic heterocycles. The van der Waals surface area contributed by atoms with Gasteiger partial charge in [-0.25, -0.2) is 0 Å². The standard InChI is InChI=1S/C14H13ClF3N3O2S/c1-7(2)12-20-21-13(23-12)24-6-11(22)19-10-5-8(14(16,17)18)3-4-9(10)15/h3-5,7H,6H2,1-2H3,(H,19,22). The van der Waals surface area contributed by atoms with E-state index in [1.807, 2.05) is 13.8 Å². The fourth-order valence-electron chi connectivity index (χ4n) is 1.62. The first kappa shape index (κ1) is 18.6. The molecule has 5 nitrogen and oxygen atoms in total. The smallest absolute Gasteiger partial charge is 0.416 e. The Balaban J connectivity index is 1.99. The number of nitrogens with one attached hydrogen (secondary N) is 1. The van der Waals surface area contributed by atoms with E-state index >= 15 is 0 Å². The number of benzene rings is 1. The van der Waals surface area contributed by atoms with Crippen LogP contribution in [-0.4, -0.2) is 21.9 Å². The number of anilines is 1. The van der Waals surface area contributed by atoms with Crippen LogP contribution in [0.1, 0.15) is 31.2 Å². The highest BCUT2D eigenvalue weighted by Crippen LogP contribution is 2.34. The highest BCUT2D eigenvalue weighted by atomic mass is 35.5. The second-order valence-electron chi connectivity index (χ2n) is 5.09. The molecule has 0 aliphatic carbocycles. The summed E-state index contributed by atoms with van der Waals surface area (Å²) in [5.41, 5.74) is -1.00. The van der Waals surface area contributed by atoms with Crippen molar-refractivity contribution in [2.45, 2.75) is 31.2 Å². The fourth-order valence-corrected chi connectivity index (χ4v) is 2.36. The van der Waals surface area contributed by atoms with Gasteiger partial charge in [-0.05, 0) is 18.2 Å². The maximum atomic E-state index is 12.7. The summed E-state index contributed by atoms with van der Waals surface area (Å²) in [7, 11) is 0. The van der Waals surface area contributed by atoms with Crippen LogP contribution in [0, 0.1) is 0 Å². The molecule has 1 amide bonds. The largest absolute Gasteiger partial charge is 0.416 e. The minimum Gasteiger partial charge on any atom is -0.416 e. The Kier molecular flexibility index (Phi) is 5.76. The number of carbonyl (C=O) groups excluding carboxylic acids is 1. The third kappa shape index (κ3) is 4.88. The molecular weight excluding hydrogens is 367 g/mol. The van der Waals surface area contributed by atoms with E-state index in [1.54, 1.807) is 0 Å². The van der Waals surface area contributed by atoms with Crippen LogP contribution < -0.4 is 5.32 Å². The average Bonchev–Trinajstić information content (AvgIpc) is 2.95. The Morgan fingerprint density at radius 1 is 1.38 bits per heavy atom. The number of halogens is 4. The number of hydrogen-bond acceptors (Lipinski definition) is 5. The van der Waals surface area contributed by atoms with Crippen molar-refractivity contribution in [3.8, 4) is 0 Å². The van der Waals surface area contributed by atoms with Gasteiger partial charge in [0.05, 0.1) is 22.0 Å². The SMILES string of the molecule is CC(C)c1nnc(SCC(=O)Nc2cc(C(F)(F)F)ccc2Cl)o1. The van der Waals surface area contributed by atoms with E-state index in [0.29, 0.717) is 5.89 Å². The Bertz CT molecular complexity index is 734. The maximum absolute atomic E-state index is 12.7. The van der Waals surface area contributed by atoms with Crippen molar-refractivity contribution in [1.29, 1.82) is 0 Å². The van der Waals surface area contributed by atoms with Crippen LogP contribution in [0.5, 0.6) is 0 Å². The molecule has 10 heteroatoms. The van der Waals surface area contributed by atoms with Crippen LogP contribution in [-0.2, 0) is 11.0 Å². The third-order valence-electron chi connectivity index (χ3n) is 2.81. The number of aromatic nitrogens is 2. The number of amides is 1. The van der Waals surface area contributed by atoms with E-state index in [2.05, 4.69) is 15.5 Å². The number of nitrogens with zero attached hydrogens (tertiary/aromatic N) is 2. The highest BCUT2D eigenvalue weighted by molar-refractivity contribution is 7.99. The summed E-state index contributed by atoms with van der Waals surface area (Å²) in [5.74, 6) is -0.138. The summed E-state index contributed by atoms with van der Waals surface area (Å²) in [5, 5.41) is 10.2. The predicted octanol–water partition coefficient (Wildman–Crippen LogP) is 4.60. The molecule has 0 saturated carbocycles. The molecule has 2 rings (SSSR count). The van der Waals surface area contributed by atoms with E-state index in [-0.39, 0.29) is 27.6 Å². The zero-order valence-corrected chi connectivity index (χ0v) is 14.2. The predicted molar refractivity (Wildman–Crippen MR) is 84.2 cm³/mol. The van der Waals surface area contributed by atoms with E-state index in [0.717, 1.165) is 30.0 Å². The summed E-state index contributed by atoms with van der Waals surface area (Å²) in [6.07, 6.45) is -4.52. The van der Waals surface area contributed by atoms with Crippen molar-refractivity contribution in [2.24, 2.45) is 0 Å². The van der Waals surface area contributed by atoms with E-state index in [4.69, 9.17) is 16.0 Å². The molecule has 1 aromatic carbocycles. The number of hydrogen-bond donors (Lipinski definition) is 1. The van der Waals surface area contributed by atoms with Crippen LogP contribution in [0.15, 0.2) is 27.8 Å². The number of rotatable bonds is 5. The Morgan fingerprint density at radius 3 is 2.67 bits per heavy atom. The minimum absolute atomic E-state index is 0.0150. The summed E-state index contributed by atoms with van der Waals surface area (Å²) in [4.78, 5) is 11.9. The van der Waals surface area contributed by atoms with Gasteiger partial charge in [-0.1, -0.05) is 37.2 Å². The van der Waals surface area contributed by atoms with Gasteiger partial charge in [-0.2, -0.15) is 13.2 Å². The van der Waals surface area contributed by atoms with Gasteiger partial charge in [0.1, 0.15) is 0 Å². The second kappa shape index (κ2) is 7.43. The number of carbonyl (C=O) groups is 1. The molecule has 0 unspecified atom stereocenters. The quantitative estimate of drug-likeness (QED) is 0.769. The van der Waals surface area contributed by atoms with Crippen molar-refractivity contribution in [2.75, 3.05) is 11.1 Å². The van der Waals surface area contributed by atoms with Gasteiger partial charge in [0.15, 0.2) is 0 Å². The van der Waals surface area contributed by atoms with Crippen molar-refractivity contribution < 1.29 is 22.4 Å². The van der Waals surface area contributed by atoms with Crippen LogP contribution in [0.2, 0.25) is 5.02 Å². The molecule has 1 N–H and O–H groups in total. The maximum Gasteiger partial charge on any atom is 0.416 e. The van der Waals surface area contributed by atoms with Crippen LogP contribution in [0.25, 0.3) is 0 Å². The first-order chi connectivity index (χ1) is 11.2. The molecule has 1 heterocycles. The molecule has 0 aliphatic rings. The molecule has 0 radical (unpaired) electrons. The first-order valence-electron chi connectivity index (χ1n) is 6.79. The average molecular weight is 380 g/mol. The molecule has 1 aromatic heterocycles. The molecular formula is C14H13ClF3N3O2S. The van der Waals surface area contributed by atoms with Crippen molar-refractivity contribution >= 4 is 35.0 Å². The molecule has 0 fully saturated rings. The van der Waals surface area contributed by atoms with Gasteiger partial charge >= 0.3 is 6.18 Å². The van der Waals surface area contributed by atoms with Gasteiger partial charge in [0.25, 0.3) is 5.22 Å². The summed E-state index contributed by atoms with van der Waals surface area (Å²) < 4.78 is 43.4. The van der Waals surface area contributed by atoms with Gasteiger partial charge < -0.3 is 9.73 Å². The topological polar surface area (TPSA) is 68.0 Å². The first-order valence-corrected chi connectivity index (χ1v) is 8.16. The summed E-state index contributed by atoms with van der Waals surface area (Å²) in [6.45, 7) is 3.76. The van der Waals surface area contributed by atoms with Crippen molar-refractivity contribution in [3.05, 3.63) is 34.7 Å². The minimum atomic E-state index is -4.52. The molecule has 24 heavy (non-hydrogen) atoms. The second-order valence-corrected chi connectivity index (χ2v) is 6.42. The van der Waals surface area contributed by atoms with Gasteiger partial charge in [0, 0.05) is 5.92 Å². The monoisotopic (exact) mass is 379 g/mol. The molecule has 0 bridgehead atoms. The molecule has 0 spiro atoms. The molecule has 0 saturated heterocycles. The van der Waals surface area contributed by atoms with E-state index < -0.39 is 17.6 Å². The lowest BCUT2D eigenvalue weighted by Gasteiger charge is -2.11. The van der Waals surface area contributed by atoms with E-state index in [9.17, 15) is 18.0 Å². The Morgan fingerprint density at radius 2 is 2.08 bits per heavy atom. The molecule has 2 aromatic rings. The van der Waals surface area contributed by atoms with Gasteiger partial charge in [0.2, 0.25) is 11.8 Å². The molecule has 130 valence electrons. The van der Waals surface area contributed by atoms with Crippen molar-refractivity contribution in [3.63, 3.8) is 0 Å². The van der Waals surface area contributed by atoms with Crippen molar-refractivity contribution in [1.82, 2.24) is 10.2 Å². The lowest BCUT2D eigenvalue weighted by molar-refractivity contribution is -0.137. The zero-order valence-electron chi connectivity index (χ0n) is 12.6. The fraction of sp³-hybridized carbons (Fsp3) is 0.357. The number of thioether (sulfide) groups is 1. The lowest BCUT2D eigenvalue weighted by atomic mass is 10.2. The highest BCUT2D eigenvalue weighted by Gasteiger charge is 2.31.